The van der Waals surface area contributed by atoms with Crippen LogP contribution in [0.1, 0.15) is 0 Å². The highest BCUT2D eigenvalue weighted by Crippen LogP contribution is 2.00. The van der Waals surface area contributed by atoms with Crippen LogP contribution in [0.3, 0.4) is 0 Å². The van der Waals surface area contributed by atoms with Gasteiger partial charge in [0, 0.05) is 5.69 Å². The molecule has 1 atom stereocenters. The number of anilines is 1. The molecule has 0 aliphatic rings. The maximum absolute atomic E-state index is 9.60. The van der Waals surface area contributed by atoms with E-state index in [-0.39, 0.29) is 6.61 Å². The first-order valence-corrected chi connectivity index (χ1v) is 4.76. The lowest BCUT2D eigenvalue weighted by Crippen LogP contribution is -2.21. The lowest BCUT2D eigenvalue weighted by molar-refractivity contribution is 0.0145. The predicted octanol–water partition coefficient (Wildman–Crippen LogP) is 0.00640. The average Bonchev–Trinajstić information content (AvgIpc) is 2.37. The smallest absolute Gasteiger partial charge is 0.450 e. The Kier molecular flexibility index (Phi) is 8.39. The maximum atomic E-state index is 9.60. The molecular weight excluding hydrogens is 228 g/mol. The number of aliphatic hydroxyl groups is 2. The van der Waals surface area contributed by atoms with E-state index in [2.05, 4.69) is 10.2 Å². The molecule has 1 rings (SSSR count). The second kappa shape index (κ2) is 9.40. The third-order valence-corrected chi connectivity index (χ3v) is 1.55. The van der Waals surface area contributed by atoms with E-state index in [4.69, 9.17) is 21.2 Å². The summed E-state index contributed by atoms with van der Waals surface area (Å²) < 4.78 is 3.90. The van der Waals surface area contributed by atoms with E-state index < -0.39 is 18.9 Å². The Balaban J connectivity index is 0.000000302. The summed E-state index contributed by atoms with van der Waals surface area (Å²) in [6.45, 7) is -0.876. The largest absolute Gasteiger partial charge is 0.505 e. The van der Waals surface area contributed by atoms with Gasteiger partial charge in [-0.2, -0.15) is 0 Å². The molecule has 0 heterocycles. The summed E-state index contributed by atoms with van der Waals surface area (Å²) in [7, 11) is 0. The van der Waals surface area contributed by atoms with E-state index in [1.807, 2.05) is 30.3 Å². The molecule has 0 radical (unpaired) electrons. The zero-order chi connectivity index (χ0) is 13.1. The Hall–Kier alpha value is -1.83. The van der Waals surface area contributed by atoms with Gasteiger partial charge in [-0.15, -0.1) is 0 Å². The van der Waals surface area contributed by atoms with Gasteiger partial charge in [0.05, 0.1) is 6.61 Å². The van der Waals surface area contributed by atoms with Crippen molar-refractivity contribution < 1.29 is 24.9 Å². The zero-order valence-corrected chi connectivity index (χ0v) is 9.11. The number of carboxylic acid groups (broad SMARTS) is 1. The van der Waals surface area contributed by atoms with Crippen molar-refractivity contribution in [3.63, 3.8) is 0 Å². The number of benzene rings is 1. The number of carbonyl (C=O) groups is 1. The standard InChI is InChI=1S/C6H8N2.C4H8O5/c7-8-6-4-2-1-3-5-6;5-1-3(6)2-9-4(7)8/h1-5,8H,7H2;3,5-6H,1-2H2,(H,7,8). The van der Waals surface area contributed by atoms with Gasteiger partial charge in [-0.1, -0.05) is 18.2 Å². The summed E-state index contributed by atoms with van der Waals surface area (Å²) in [5.41, 5.74) is 3.46. The van der Waals surface area contributed by atoms with Gasteiger partial charge in [-0.25, -0.2) is 4.79 Å². The number of nitrogens with one attached hydrogen (secondary N) is 1. The van der Waals surface area contributed by atoms with Crippen molar-refractivity contribution in [3.05, 3.63) is 30.3 Å². The number of aliphatic hydroxyl groups excluding tert-OH is 2. The number of ether oxygens (including phenoxy) is 1. The first kappa shape index (κ1) is 15.2. The molecule has 7 nitrogen and oxygen atoms in total. The van der Waals surface area contributed by atoms with Crippen molar-refractivity contribution in [1.82, 2.24) is 0 Å². The Morgan fingerprint density at radius 3 is 2.35 bits per heavy atom. The first-order chi connectivity index (χ1) is 8.10. The van der Waals surface area contributed by atoms with Crippen LogP contribution in [-0.2, 0) is 4.74 Å². The fraction of sp³-hybridized carbons (Fsp3) is 0.300. The number of para-hydroxylation sites is 1. The van der Waals surface area contributed by atoms with Crippen molar-refractivity contribution in [3.8, 4) is 0 Å². The van der Waals surface area contributed by atoms with Crippen molar-refractivity contribution >= 4 is 11.8 Å². The zero-order valence-electron chi connectivity index (χ0n) is 9.11. The van der Waals surface area contributed by atoms with Gasteiger partial charge in [0.25, 0.3) is 0 Å². The van der Waals surface area contributed by atoms with Crippen molar-refractivity contribution in [1.29, 1.82) is 0 Å². The minimum absolute atomic E-state index is 0.383. The van der Waals surface area contributed by atoms with Crippen LogP contribution in [0.15, 0.2) is 30.3 Å². The van der Waals surface area contributed by atoms with Crippen LogP contribution in [0.4, 0.5) is 10.5 Å². The van der Waals surface area contributed by atoms with E-state index in [0.717, 1.165) is 5.69 Å². The van der Waals surface area contributed by atoms with Gasteiger partial charge in [-0.3, -0.25) is 5.84 Å². The lowest BCUT2D eigenvalue weighted by atomic mass is 10.3. The second-order valence-corrected chi connectivity index (χ2v) is 2.92. The Morgan fingerprint density at radius 1 is 1.41 bits per heavy atom. The van der Waals surface area contributed by atoms with Crippen LogP contribution in [-0.4, -0.2) is 40.8 Å². The highest BCUT2D eigenvalue weighted by molar-refractivity contribution is 5.56. The Labute approximate surface area is 98.4 Å². The summed E-state index contributed by atoms with van der Waals surface area (Å²) in [4.78, 5) is 9.60. The Bertz CT molecular complexity index is 307. The van der Waals surface area contributed by atoms with Gasteiger partial charge in [0.15, 0.2) is 0 Å². The molecule has 0 aliphatic carbocycles. The normalized spacial score (nSPS) is 10.8. The molecule has 0 aromatic heterocycles. The molecule has 1 aromatic carbocycles. The summed E-state index contributed by atoms with van der Waals surface area (Å²) in [5.74, 6) is 5.10. The predicted molar refractivity (Wildman–Crippen MR) is 61.3 cm³/mol. The van der Waals surface area contributed by atoms with Crippen molar-refractivity contribution in [2.24, 2.45) is 5.84 Å². The maximum Gasteiger partial charge on any atom is 0.505 e. The lowest BCUT2D eigenvalue weighted by Gasteiger charge is -2.03. The van der Waals surface area contributed by atoms with E-state index in [1.165, 1.54) is 0 Å². The number of nitrogens with two attached hydrogens (primary N) is 1. The van der Waals surface area contributed by atoms with Crippen LogP contribution in [0.2, 0.25) is 0 Å². The molecule has 0 fully saturated rings. The first-order valence-electron chi connectivity index (χ1n) is 4.76. The van der Waals surface area contributed by atoms with E-state index in [1.54, 1.807) is 0 Å². The van der Waals surface area contributed by atoms with Crippen LogP contribution in [0.25, 0.3) is 0 Å². The minimum atomic E-state index is -1.46. The number of hydrazine groups is 1. The van der Waals surface area contributed by atoms with Crippen LogP contribution in [0, 0.1) is 0 Å². The molecule has 0 bridgehead atoms. The molecule has 0 spiro atoms. The third-order valence-electron chi connectivity index (χ3n) is 1.55. The number of rotatable bonds is 4. The molecule has 0 amide bonds. The quantitative estimate of drug-likeness (QED) is 0.287. The van der Waals surface area contributed by atoms with Crippen LogP contribution >= 0.6 is 0 Å². The van der Waals surface area contributed by atoms with E-state index in [0.29, 0.717) is 0 Å². The molecule has 0 aliphatic heterocycles. The summed E-state index contributed by atoms with van der Waals surface area (Å²) >= 11 is 0. The molecule has 1 unspecified atom stereocenters. The van der Waals surface area contributed by atoms with Crippen molar-refractivity contribution in [2.75, 3.05) is 18.6 Å². The molecule has 1 aromatic rings. The minimum Gasteiger partial charge on any atom is -0.450 e. The number of nitrogen functional groups attached to an aromatic ring is 1. The van der Waals surface area contributed by atoms with E-state index in [9.17, 15) is 4.79 Å². The molecule has 7 heteroatoms. The molecule has 6 N–H and O–H groups in total. The summed E-state index contributed by atoms with van der Waals surface area (Å²) in [6, 6.07) is 9.60. The van der Waals surface area contributed by atoms with Gasteiger partial charge in [-0.05, 0) is 12.1 Å². The van der Waals surface area contributed by atoms with Crippen LogP contribution < -0.4 is 11.3 Å². The fourth-order valence-electron chi connectivity index (χ4n) is 0.755. The van der Waals surface area contributed by atoms with Crippen LogP contribution in [0.5, 0.6) is 0 Å². The number of hydrogen-bond acceptors (Lipinski definition) is 6. The third kappa shape index (κ3) is 9.12. The SMILES string of the molecule is NNc1ccccc1.O=C(O)OCC(O)CO. The fourth-order valence-corrected chi connectivity index (χ4v) is 0.755. The molecule has 0 saturated heterocycles. The highest BCUT2D eigenvalue weighted by atomic mass is 16.7. The second-order valence-electron chi connectivity index (χ2n) is 2.92. The highest BCUT2D eigenvalue weighted by Gasteiger charge is 2.03. The Morgan fingerprint density at radius 2 is 2.00 bits per heavy atom. The summed E-state index contributed by atoms with van der Waals surface area (Å²) in [5, 5.41) is 24.4. The molecule has 17 heavy (non-hydrogen) atoms. The van der Waals surface area contributed by atoms with Crippen molar-refractivity contribution in [2.45, 2.75) is 6.10 Å². The number of hydrogen-bond donors (Lipinski definition) is 5. The van der Waals surface area contributed by atoms with Gasteiger partial charge < -0.3 is 25.5 Å². The topological polar surface area (TPSA) is 125 Å². The molecular formula is C10H16N2O5. The molecule has 0 saturated carbocycles. The van der Waals surface area contributed by atoms with E-state index >= 15 is 0 Å². The monoisotopic (exact) mass is 244 g/mol. The van der Waals surface area contributed by atoms with Gasteiger partial charge >= 0.3 is 6.16 Å². The molecule has 96 valence electrons. The van der Waals surface area contributed by atoms with Gasteiger partial charge in [0.1, 0.15) is 12.7 Å². The average molecular weight is 244 g/mol. The van der Waals surface area contributed by atoms with Gasteiger partial charge in [0.2, 0.25) is 0 Å². The summed E-state index contributed by atoms with van der Waals surface area (Å²) in [6.07, 6.45) is -2.57.